The maximum Gasteiger partial charge on any atom is 0.328 e. The highest BCUT2D eigenvalue weighted by molar-refractivity contribution is 7.85. The molecule has 2 heterocycles. The van der Waals surface area contributed by atoms with Crippen LogP contribution >= 0.6 is 0 Å². The molecule has 0 unspecified atom stereocenters. The van der Waals surface area contributed by atoms with Gasteiger partial charge in [0.1, 0.15) is 11.5 Å². The summed E-state index contributed by atoms with van der Waals surface area (Å²) in [6.07, 6.45) is 5.49. The van der Waals surface area contributed by atoms with E-state index in [2.05, 4.69) is 20.2 Å². The van der Waals surface area contributed by atoms with Crippen LogP contribution < -0.4 is 5.73 Å². The van der Waals surface area contributed by atoms with Crippen LogP contribution in [0.1, 0.15) is 11.5 Å². The molecule has 2 aromatic heterocycles. The van der Waals surface area contributed by atoms with Crippen LogP contribution in [0.3, 0.4) is 0 Å². The zero-order valence-corrected chi connectivity index (χ0v) is 10.7. The van der Waals surface area contributed by atoms with Crippen molar-refractivity contribution in [2.24, 2.45) is 15.9 Å². The predicted molar refractivity (Wildman–Crippen MR) is 68.9 cm³/mol. The van der Waals surface area contributed by atoms with Crippen LogP contribution in [0.4, 0.5) is 0 Å². The van der Waals surface area contributed by atoms with E-state index in [0.717, 1.165) is 12.3 Å². The molecule has 0 radical (unpaired) electrons. The number of nitrogens with zero attached hydrogens (tertiary/aromatic N) is 4. The van der Waals surface area contributed by atoms with Crippen LogP contribution in [-0.2, 0) is 10.1 Å². The van der Waals surface area contributed by atoms with E-state index >= 15 is 0 Å². The lowest BCUT2D eigenvalue weighted by Crippen LogP contribution is -2.14. The van der Waals surface area contributed by atoms with Crippen molar-refractivity contribution in [3.05, 3.63) is 42.2 Å². The summed E-state index contributed by atoms with van der Waals surface area (Å²) in [4.78, 5) is 7.73. The van der Waals surface area contributed by atoms with Crippen molar-refractivity contribution in [1.82, 2.24) is 9.97 Å². The van der Waals surface area contributed by atoms with Crippen molar-refractivity contribution in [2.45, 2.75) is 5.09 Å². The average Bonchev–Trinajstić information content (AvgIpc) is 2.88. The van der Waals surface area contributed by atoms with Crippen molar-refractivity contribution >= 4 is 22.2 Å². The Hall–Kier alpha value is -2.59. The van der Waals surface area contributed by atoms with E-state index in [9.17, 15) is 8.42 Å². The third kappa shape index (κ3) is 3.46. The molecule has 0 aliphatic rings. The number of aromatic nitrogens is 2. The molecule has 0 aliphatic carbocycles. The Morgan fingerprint density at radius 2 is 2.20 bits per heavy atom. The van der Waals surface area contributed by atoms with Crippen LogP contribution in [0.15, 0.2) is 50.4 Å². The van der Waals surface area contributed by atoms with Gasteiger partial charge in [0.15, 0.2) is 5.84 Å². The average molecular weight is 295 g/mol. The van der Waals surface area contributed by atoms with Gasteiger partial charge in [-0.05, 0) is 12.1 Å². The van der Waals surface area contributed by atoms with Crippen LogP contribution in [0.25, 0.3) is 0 Å². The number of rotatable bonds is 4. The summed E-state index contributed by atoms with van der Waals surface area (Å²) in [5.41, 5.74) is 5.95. The number of hydrogen-bond acceptors (Lipinski definition) is 7. The zero-order chi connectivity index (χ0) is 14.6. The Balaban J connectivity index is 2.13. The monoisotopic (exact) mass is 295 g/mol. The maximum absolute atomic E-state index is 10.8. The fourth-order valence-electron chi connectivity index (χ4n) is 1.17. The molecule has 0 saturated carbocycles. The van der Waals surface area contributed by atoms with Gasteiger partial charge in [0.05, 0.1) is 12.4 Å². The molecule has 10 heteroatoms. The van der Waals surface area contributed by atoms with Crippen molar-refractivity contribution in [3.8, 4) is 0 Å². The minimum atomic E-state index is -4.37. The van der Waals surface area contributed by atoms with Gasteiger partial charge in [-0.25, -0.2) is 4.98 Å². The van der Waals surface area contributed by atoms with E-state index in [0.29, 0.717) is 5.69 Å². The Morgan fingerprint density at radius 1 is 1.40 bits per heavy atom. The molecular formula is C10H9N5O4S. The molecule has 0 spiro atoms. The van der Waals surface area contributed by atoms with Gasteiger partial charge in [-0.2, -0.15) is 13.5 Å². The molecule has 0 aromatic carbocycles. The third-order valence-electron chi connectivity index (χ3n) is 2.03. The Bertz CT molecular complexity index is 751. The first-order valence-electron chi connectivity index (χ1n) is 5.17. The molecule has 9 nitrogen and oxygen atoms in total. The number of amidine groups is 1. The van der Waals surface area contributed by atoms with E-state index in [-0.39, 0.29) is 11.6 Å². The summed E-state index contributed by atoms with van der Waals surface area (Å²) in [6, 6.07) is 2.40. The molecule has 0 atom stereocenters. The fourth-order valence-corrected chi connectivity index (χ4v) is 1.61. The Morgan fingerprint density at radius 3 is 2.80 bits per heavy atom. The lowest BCUT2D eigenvalue weighted by molar-refractivity contribution is 0.404. The van der Waals surface area contributed by atoms with Gasteiger partial charge in [-0.15, -0.1) is 5.10 Å². The molecule has 3 N–H and O–H groups in total. The van der Waals surface area contributed by atoms with Crippen molar-refractivity contribution in [3.63, 3.8) is 0 Å². The molecule has 20 heavy (non-hydrogen) atoms. The number of furan rings is 1. The van der Waals surface area contributed by atoms with Crippen LogP contribution in [-0.4, -0.2) is 35.0 Å². The highest BCUT2D eigenvalue weighted by Crippen LogP contribution is 2.11. The summed E-state index contributed by atoms with van der Waals surface area (Å²) in [5, 5.41) is 6.68. The second-order valence-corrected chi connectivity index (χ2v) is 4.80. The van der Waals surface area contributed by atoms with Gasteiger partial charge in [0.2, 0.25) is 5.09 Å². The molecule has 0 saturated heterocycles. The minimum Gasteiger partial charge on any atom is -0.441 e. The lowest BCUT2D eigenvalue weighted by Gasteiger charge is -1.94. The van der Waals surface area contributed by atoms with Crippen molar-refractivity contribution in [1.29, 1.82) is 0 Å². The molecule has 0 bridgehead atoms. The summed E-state index contributed by atoms with van der Waals surface area (Å²) >= 11 is 0. The van der Waals surface area contributed by atoms with Gasteiger partial charge in [-0.3, -0.25) is 9.54 Å². The second kappa shape index (κ2) is 5.59. The van der Waals surface area contributed by atoms with E-state index in [1.165, 1.54) is 24.7 Å². The van der Waals surface area contributed by atoms with Crippen molar-refractivity contribution in [2.75, 3.05) is 0 Å². The highest BCUT2D eigenvalue weighted by Gasteiger charge is 2.13. The second-order valence-electron chi connectivity index (χ2n) is 3.45. The Kier molecular flexibility index (Phi) is 3.86. The largest absolute Gasteiger partial charge is 0.441 e. The fraction of sp³-hybridized carbons (Fsp3) is 0. The molecule has 104 valence electrons. The Labute approximate surface area is 113 Å². The SMILES string of the molecule is N/C(=N\N=C\c1ccc(S(=O)(=O)O)o1)c1cnccn1. The molecule has 0 amide bonds. The first-order chi connectivity index (χ1) is 9.47. The number of nitrogens with two attached hydrogens (primary N) is 1. The van der Waals surface area contributed by atoms with Gasteiger partial charge in [0, 0.05) is 12.4 Å². The summed E-state index contributed by atoms with van der Waals surface area (Å²) < 4.78 is 35.1. The quantitative estimate of drug-likeness (QED) is 0.351. The van der Waals surface area contributed by atoms with Crippen molar-refractivity contribution < 1.29 is 17.4 Å². The molecule has 2 rings (SSSR count). The normalized spacial score (nSPS) is 12.9. The molecule has 0 fully saturated rings. The first kappa shape index (κ1) is 13.8. The standard InChI is InChI=1S/C10H9N5O4S/c11-10(8-6-12-3-4-13-8)15-14-5-7-1-2-9(19-7)20(16,17)18/h1-6H,(H2,11,15)(H,16,17,18)/b14-5+. The van der Waals surface area contributed by atoms with Gasteiger partial charge < -0.3 is 10.2 Å². The van der Waals surface area contributed by atoms with E-state index in [1.54, 1.807) is 0 Å². The number of hydrogen-bond donors (Lipinski definition) is 2. The summed E-state index contributed by atoms with van der Waals surface area (Å²) in [6.45, 7) is 0. The van der Waals surface area contributed by atoms with E-state index < -0.39 is 15.2 Å². The van der Waals surface area contributed by atoms with Gasteiger partial charge in [-0.1, -0.05) is 0 Å². The predicted octanol–water partition coefficient (Wildman–Crippen LogP) is 0.0557. The van der Waals surface area contributed by atoms with Crippen LogP contribution in [0.2, 0.25) is 0 Å². The third-order valence-corrected chi connectivity index (χ3v) is 2.76. The molecule has 2 aromatic rings. The topological polar surface area (TPSA) is 144 Å². The molecular weight excluding hydrogens is 286 g/mol. The lowest BCUT2D eigenvalue weighted by atomic mass is 10.4. The summed E-state index contributed by atoms with van der Waals surface area (Å²) in [7, 11) is -4.37. The highest BCUT2D eigenvalue weighted by atomic mass is 32.2. The maximum atomic E-state index is 10.8. The van der Waals surface area contributed by atoms with E-state index in [1.807, 2.05) is 0 Å². The first-order valence-corrected chi connectivity index (χ1v) is 6.61. The molecule has 0 aliphatic heterocycles. The minimum absolute atomic E-state index is 0.0379. The van der Waals surface area contributed by atoms with Crippen LogP contribution in [0, 0.1) is 0 Å². The zero-order valence-electron chi connectivity index (χ0n) is 9.91. The van der Waals surface area contributed by atoms with Crippen LogP contribution in [0.5, 0.6) is 0 Å². The smallest absolute Gasteiger partial charge is 0.328 e. The van der Waals surface area contributed by atoms with Gasteiger partial charge in [0.25, 0.3) is 0 Å². The summed E-state index contributed by atoms with van der Waals surface area (Å²) in [5.74, 6) is 0.129. The van der Waals surface area contributed by atoms with E-state index in [4.69, 9.17) is 14.7 Å². The van der Waals surface area contributed by atoms with Gasteiger partial charge >= 0.3 is 10.1 Å².